The highest BCUT2D eigenvalue weighted by Crippen LogP contribution is 2.34. The van der Waals surface area contributed by atoms with Crippen LogP contribution in [-0.4, -0.2) is 39.2 Å². The Bertz CT molecular complexity index is 837. The first-order valence-corrected chi connectivity index (χ1v) is 8.66. The molecular weight excluding hydrogens is 348 g/mol. The number of methoxy groups -OCH3 is 2. The molecule has 1 fully saturated rings. The molecule has 2 amide bonds. The van der Waals surface area contributed by atoms with Crippen LogP contribution >= 0.6 is 0 Å². The van der Waals surface area contributed by atoms with Crippen LogP contribution in [0.3, 0.4) is 0 Å². The number of benzene rings is 2. The van der Waals surface area contributed by atoms with E-state index >= 15 is 0 Å². The van der Waals surface area contributed by atoms with Gasteiger partial charge in [-0.15, -0.1) is 0 Å². The van der Waals surface area contributed by atoms with Crippen molar-refractivity contribution < 1.29 is 23.8 Å². The topological polar surface area (TPSA) is 77.1 Å². The monoisotopic (exact) mass is 370 g/mol. The quantitative estimate of drug-likeness (QED) is 0.811. The van der Waals surface area contributed by atoms with E-state index < -0.39 is 0 Å². The van der Waals surface area contributed by atoms with Crippen LogP contribution in [0.15, 0.2) is 42.5 Å². The fourth-order valence-corrected chi connectivity index (χ4v) is 2.96. The summed E-state index contributed by atoms with van der Waals surface area (Å²) in [5.41, 5.74) is 1.28. The summed E-state index contributed by atoms with van der Waals surface area (Å²) in [5.74, 6) is 1.36. The number of hydrogen-bond donors (Lipinski definition) is 1. The zero-order valence-electron chi connectivity index (χ0n) is 15.4. The third-order valence-electron chi connectivity index (χ3n) is 4.26. The number of amides is 2. The number of carbonyl (C=O) groups is 2. The maximum absolute atomic E-state index is 12.2. The lowest BCUT2D eigenvalue weighted by atomic mass is 10.2. The predicted molar refractivity (Wildman–Crippen MR) is 102 cm³/mol. The summed E-state index contributed by atoms with van der Waals surface area (Å²) in [6.07, 6.45) is 1.38. The molecule has 0 radical (unpaired) electrons. The summed E-state index contributed by atoms with van der Waals surface area (Å²) in [5, 5.41) is 2.77. The number of nitrogens with one attached hydrogen (secondary N) is 1. The highest BCUT2D eigenvalue weighted by molar-refractivity contribution is 5.98. The minimum Gasteiger partial charge on any atom is -0.494 e. The minimum absolute atomic E-state index is 0.0790. The van der Waals surface area contributed by atoms with Crippen molar-refractivity contribution in [3.05, 3.63) is 42.5 Å². The van der Waals surface area contributed by atoms with Crippen molar-refractivity contribution in [3.8, 4) is 17.2 Å². The van der Waals surface area contributed by atoms with Gasteiger partial charge < -0.3 is 24.4 Å². The molecule has 2 aromatic carbocycles. The Balaban J connectivity index is 1.64. The van der Waals surface area contributed by atoms with E-state index in [1.165, 1.54) is 7.11 Å². The van der Waals surface area contributed by atoms with Crippen molar-refractivity contribution in [3.63, 3.8) is 0 Å². The Morgan fingerprint density at radius 3 is 2.48 bits per heavy atom. The van der Waals surface area contributed by atoms with Crippen LogP contribution in [0.5, 0.6) is 17.2 Å². The van der Waals surface area contributed by atoms with Crippen LogP contribution in [0.2, 0.25) is 0 Å². The molecule has 27 heavy (non-hydrogen) atoms. The fourth-order valence-electron chi connectivity index (χ4n) is 2.96. The molecule has 142 valence electrons. The van der Waals surface area contributed by atoms with E-state index in [-0.39, 0.29) is 18.4 Å². The van der Waals surface area contributed by atoms with Crippen LogP contribution in [0.4, 0.5) is 11.4 Å². The van der Waals surface area contributed by atoms with Gasteiger partial charge in [0.05, 0.1) is 19.9 Å². The maximum atomic E-state index is 12.2. The normalized spacial score (nSPS) is 13.4. The maximum Gasteiger partial charge on any atom is 0.262 e. The summed E-state index contributed by atoms with van der Waals surface area (Å²) in [6.45, 7) is 0.517. The van der Waals surface area contributed by atoms with Crippen molar-refractivity contribution in [2.75, 3.05) is 37.6 Å². The van der Waals surface area contributed by atoms with E-state index in [1.807, 2.05) is 6.07 Å². The highest BCUT2D eigenvalue weighted by atomic mass is 16.5. The molecule has 0 bridgehead atoms. The van der Waals surface area contributed by atoms with Crippen molar-refractivity contribution >= 4 is 23.2 Å². The zero-order chi connectivity index (χ0) is 19.2. The van der Waals surface area contributed by atoms with E-state index in [2.05, 4.69) is 5.32 Å². The Morgan fingerprint density at radius 1 is 1.07 bits per heavy atom. The average Bonchev–Trinajstić information content (AvgIpc) is 3.12. The molecule has 7 nitrogen and oxygen atoms in total. The Kier molecular flexibility index (Phi) is 5.80. The summed E-state index contributed by atoms with van der Waals surface area (Å²) < 4.78 is 16.1. The summed E-state index contributed by atoms with van der Waals surface area (Å²) in [4.78, 5) is 25.9. The standard InChI is InChI=1S/C20H22N2O5/c1-25-16-6-3-4-7-17(16)27-13-19(23)21-14-9-10-15(18(12-14)26-2)22-11-5-8-20(22)24/h3-4,6-7,9-10,12H,5,8,11,13H2,1-2H3,(H,21,23). The van der Waals surface area contributed by atoms with Gasteiger partial charge in [0.2, 0.25) is 5.91 Å². The highest BCUT2D eigenvalue weighted by Gasteiger charge is 2.24. The van der Waals surface area contributed by atoms with Crippen molar-refractivity contribution in [2.24, 2.45) is 0 Å². The summed E-state index contributed by atoms with van der Waals surface area (Å²) in [7, 11) is 3.08. The molecule has 1 aliphatic heterocycles. The molecule has 1 heterocycles. The van der Waals surface area contributed by atoms with Gasteiger partial charge in [-0.25, -0.2) is 0 Å². The number of hydrogen-bond acceptors (Lipinski definition) is 5. The summed E-state index contributed by atoms with van der Waals surface area (Å²) >= 11 is 0. The first-order chi connectivity index (χ1) is 13.1. The van der Waals surface area contributed by atoms with Gasteiger partial charge in [-0.3, -0.25) is 9.59 Å². The smallest absolute Gasteiger partial charge is 0.262 e. The second-order valence-corrected chi connectivity index (χ2v) is 6.02. The molecule has 7 heteroatoms. The van der Waals surface area contributed by atoms with Crippen LogP contribution < -0.4 is 24.4 Å². The van der Waals surface area contributed by atoms with Gasteiger partial charge >= 0.3 is 0 Å². The Morgan fingerprint density at radius 2 is 1.81 bits per heavy atom. The number of nitrogens with zero attached hydrogens (tertiary/aromatic N) is 1. The van der Waals surface area contributed by atoms with Crippen molar-refractivity contribution in [1.82, 2.24) is 0 Å². The third-order valence-corrected chi connectivity index (χ3v) is 4.26. The molecule has 0 atom stereocenters. The van der Waals surface area contributed by atoms with Crippen LogP contribution in [0, 0.1) is 0 Å². The van der Waals surface area contributed by atoms with E-state index in [0.29, 0.717) is 41.6 Å². The number of carbonyl (C=O) groups excluding carboxylic acids is 2. The molecule has 0 aliphatic carbocycles. The third kappa shape index (κ3) is 4.31. The Labute approximate surface area is 157 Å². The van der Waals surface area contributed by atoms with Crippen LogP contribution in [-0.2, 0) is 9.59 Å². The number of para-hydroxylation sites is 2. The minimum atomic E-state index is -0.312. The lowest BCUT2D eigenvalue weighted by Gasteiger charge is -2.19. The molecule has 0 spiro atoms. The largest absolute Gasteiger partial charge is 0.494 e. The molecule has 1 N–H and O–H groups in total. The van der Waals surface area contributed by atoms with Crippen LogP contribution in [0.1, 0.15) is 12.8 Å². The summed E-state index contributed by atoms with van der Waals surface area (Å²) in [6, 6.07) is 12.3. The molecule has 2 aromatic rings. The van der Waals surface area contributed by atoms with Gasteiger partial charge in [0.25, 0.3) is 5.91 Å². The lowest BCUT2D eigenvalue weighted by molar-refractivity contribution is -0.118. The van der Waals surface area contributed by atoms with Gasteiger partial charge in [-0.05, 0) is 30.7 Å². The second kappa shape index (κ2) is 8.44. The molecule has 1 saturated heterocycles. The van der Waals surface area contributed by atoms with Crippen LogP contribution in [0.25, 0.3) is 0 Å². The van der Waals surface area contributed by atoms with Gasteiger partial charge in [0.15, 0.2) is 18.1 Å². The van der Waals surface area contributed by atoms with Gasteiger partial charge in [-0.2, -0.15) is 0 Å². The van der Waals surface area contributed by atoms with Crippen molar-refractivity contribution in [1.29, 1.82) is 0 Å². The fraction of sp³-hybridized carbons (Fsp3) is 0.300. The van der Waals surface area contributed by atoms with E-state index in [4.69, 9.17) is 14.2 Å². The van der Waals surface area contributed by atoms with Gasteiger partial charge in [0.1, 0.15) is 5.75 Å². The first kappa shape index (κ1) is 18.6. The second-order valence-electron chi connectivity index (χ2n) is 6.02. The molecule has 0 aromatic heterocycles. The van der Waals surface area contributed by atoms with Crippen molar-refractivity contribution in [2.45, 2.75) is 12.8 Å². The van der Waals surface area contributed by atoms with E-state index in [9.17, 15) is 9.59 Å². The average molecular weight is 370 g/mol. The molecule has 0 saturated carbocycles. The molecular formula is C20H22N2O5. The molecule has 1 aliphatic rings. The van der Waals surface area contributed by atoms with Gasteiger partial charge in [0, 0.05) is 24.7 Å². The number of anilines is 2. The Hall–Kier alpha value is -3.22. The zero-order valence-corrected chi connectivity index (χ0v) is 15.4. The predicted octanol–water partition coefficient (Wildman–Crippen LogP) is 2.85. The number of rotatable bonds is 7. The van der Waals surface area contributed by atoms with E-state index in [1.54, 1.807) is 48.4 Å². The molecule has 0 unspecified atom stereocenters. The molecule has 3 rings (SSSR count). The SMILES string of the molecule is COc1ccccc1OCC(=O)Nc1ccc(N2CCCC2=O)c(OC)c1. The lowest BCUT2D eigenvalue weighted by Crippen LogP contribution is -2.24. The first-order valence-electron chi connectivity index (χ1n) is 8.66. The number of ether oxygens (including phenoxy) is 3. The van der Waals surface area contributed by atoms with Gasteiger partial charge in [-0.1, -0.05) is 12.1 Å². The van der Waals surface area contributed by atoms with E-state index in [0.717, 1.165) is 6.42 Å².